The van der Waals surface area contributed by atoms with E-state index in [2.05, 4.69) is 33.2 Å². The number of nitrogens with zero attached hydrogens (tertiary/aromatic N) is 1. The minimum atomic E-state index is -0.128. The van der Waals surface area contributed by atoms with Crippen molar-refractivity contribution in [2.45, 2.75) is 59.5 Å². The van der Waals surface area contributed by atoms with Gasteiger partial charge in [0.15, 0.2) is 0 Å². The summed E-state index contributed by atoms with van der Waals surface area (Å²) in [7, 11) is 0. The van der Waals surface area contributed by atoms with E-state index in [0.717, 1.165) is 60.2 Å². The first-order valence-corrected chi connectivity index (χ1v) is 11.7. The van der Waals surface area contributed by atoms with E-state index in [4.69, 9.17) is 0 Å². The molecule has 2 aromatic heterocycles. The third kappa shape index (κ3) is 4.87. The van der Waals surface area contributed by atoms with Crippen LogP contribution in [0.2, 0.25) is 0 Å². The third-order valence-electron chi connectivity index (χ3n) is 7.03. The lowest BCUT2D eigenvalue weighted by atomic mass is 9.91. The van der Waals surface area contributed by atoms with Crippen molar-refractivity contribution in [2.24, 2.45) is 5.92 Å². The van der Waals surface area contributed by atoms with Gasteiger partial charge in [0, 0.05) is 40.4 Å². The first kappa shape index (κ1) is 25.1. The Bertz CT molecular complexity index is 1190. The van der Waals surface area contributed by atoms with Crippen molar-refractivity contribution in [3.8, 4) is 0 Å². The van der Waals surface area contributed by atoms with Crippen LogP contribution in [0.15, 0.2) is 35.1 Å². The third-order valence-corrected chi connectivity index (χ3v) is 7.03. The number of halogens is 1. The summed E-state index contributed by atoms with van der Waals surface area (Å²) < 4.78 is 2.34. The number of para-hydroxylation sites is 1. The van der Waals surface area contributed by atoms with Crippen molar-refractivity contribution in [2.75, 3.05) is 13.1 Å². The summed E-state index contributed by atoms with van der Waals surface area (Å²) in [4.78, 5) is 28.8. The highest BCUT2D eigenvalue weighted by Crippen LogP contribution is 2.34. The van der Waals surface area contributed by atoms with Gasteiger partial charge in [-0.2, -0.15) is 0 Å². The zero-order valence-corrected chi connectivity index (χ0v) is 20.8. The van der Waals surface area contributed by atoms with Crippen LogP contribution in [0.25, 0.3) is 10.9 Å². The van der Waals surface area contributed by atoms with E-state index in [1.807, 2.05) is 45.0 Å². The van der Waals surface area contributed by atoms with Crippen LogP contribution >= 0.6 is 12.4 Å². The number of H-pyrrole nitrogens is 1. The predicted molar refractivity (Wildman–Crippen MR) is 137 cm³/mol. The van der Waals surface area contributed by atoms with Crippen LogP contribution in [-0.2, 0) is 13.0 Å². The number of aromatic amines is 1. The maximum atomic E-state index is 13.4. The van der Waals surface area contributed by atoms with Crippen LogP contribution < -0.4 is 16.2 Å². The minimum absolute atomic E-state index is 0. The largest absolute Gasteiger partial charge is 0.348 e. The average Bonchev–Trinajstić information content (AvgIpc) is 3.09. The number of pyridine rings is 1. The normalized spacial score (nSPS) is 15.3. The molecule has 1 aliphatic heterocycles. The summed E-state index contributed by atoms with van der Waals surface area (Å²) in [5.41, 5.74) is 5.13. The number of rotatable bonds is 6. The molecule has 1 aromatic carbocycles. The van der Waals surface area contributed by atoms with Gasteiger partial charge in [-0.3, -0.25) is 9.59 Å². The van der Waals surface area contributed by atoms with Crippen LogP contribution in [-0.4, -0.2) is 28.5 Å². The second-order valence-electron chi connectivity index (χ2n) is 9.00. The summed E-state index contributed by atoms with van der Waals surface area (Å²) in [6, 6.07) is 10.5. The fraction of sp³-hybridized carbons (Fsp3) is 0.462. The molecule has 178 valence electrons. The van der Waals surface area contributed by atoms with E-state index in [1.165, 1.54) is 0 Å². The molecular weight excluding hydrogens is 436 g/mol. The Balaban J connectivity index is 0.00000306. The molecule has 0 saturated carbocycles. The van der Waals surface area contributed by atoms with Gasteiger partial charge < -0.3 is 20.2 Å². The minimum Gasteiger partial charge on any atom is -0.348 e. The molecule has 1 aliphatic rings. The second-order valence-corrected chi connectivity index (χ2v) is 9.00. The summed E-state index contributed by atoms with van der Waals surface area (Å²) in [5, 5.41) is 7.45. The number of fused-ring (bicyclic) bond motifs is 1. The topological polar surface area (TPSA) is 78.9 Å². The first-order chi connectivity index (χ1) is 15.4. The number of hydrogen-bond donors (Lipinski definition) is 3. The van der Waals surface area contributed by atoms with Crippen molar-refractivity contribution in [3.63, 3.8) is 0 Å². The number of piperidine rings is 1. The lowest BCUT2D eigenvalue weighted by Gasteiger charge is -2.30. The molecule has 0 spiro atoms. The van der Waals surface area contributed by atoms with E-state index in [-0.39, 0.29) is 30.4 Å². The molecule has 3 N–H and O–H groups in total. The predicted octanol–water partition coefficient (Wildman–Crippen LogP) is 4.42. The molecule has 1 amide bonds. The Morgan fingerprint density at radius 2 is 1.91 bits per heavy atom. The highest BCUT2D eigenvalue weighted by Gasteiger charge is 2.27. The van der Waals surface area contributed by atoms with Crippen LogP contribution in [0.4, 0.5) is 0 Å². The van der Waals surface area contributed by atoms with E-state index in [9.17, 15) is 9.59 Å². The summed E-state index contributed by atoms with van der Waals surface area (Å²) in [6.45, 7) is 10.5. The van der Waals surface area contributed by atoms with Crippen LogP contribution in [0, 0.1) is 19.8 Å². The van der Waals surface area contributed by atoms with Gasteiger partial charge in [-0.05, 0) is 76.7 Å². The monoisotopic (exact) mass is 470 g/mol. The standard InChI is InChI=1S/C26H34N4O2.ClH/c1-5-19-14-16(2)29-25(31)22(19)15-28-26(32)24-18(4)30(23-9-7-6-8-21(23)24)17(3)20-10-12-27-13-11-20;/h6-9,14,17,20,27H,5,10-13,15H2,1-4H3,(H,28,32)(H,29,31);1H/t17-;/m0./s1. The molecule has 3 aromatic rings. The second kappa shape index (κ2) is 10.6. The van der Waals surface area contributed by atoms with Crippen molar-refractivity contribution in [1.29, 1.82) is 0 Å². The van der Waals surface area contributed by atoms with Crippen LogP contribution in [0.3, 0.4) is 0 Å². The molecule has 0 bridgehead atoms. The smallest absolute Gasteiger partial charge is 0.254 e. The van der Waals surface area contributed by atoms with Crippen molar-refractivity contribution < 1.29 is 4.79 Å². The number of aromatic nitrogens is 2. The first-order valence-electron chi connectivity index (χ1n) is 11.7. The quantitative estimate of drug-likeness (QED) is 0.499. The van der Waals surface area contributed by atoms with E-state index in [0.29, 0.717) is 23.1 Å². The molecule has 3 heterocycles. The molecule has 4 rings (SSSR count). The molecule has 0 aliphatic carbocycles. The van der Waals surface area contributed by atoms with Gasteiger partial charge in [-0.15, -0.1) is 12.4 Å². The van der Waals surface area contributed by atoms with E-state index >= 15 is 0 Å². The molecule has 0 unspecified atom stereocenters. The Kier molecular flexibility index (Phi) is 8.03. The lowest BCUT2D eigenvalue weighted by Crippen LogP contribution is -2.32. The average molecular weight is 471 g/mol. The van der Waals surface area contributed by atoms with E-state index in [1.54, 1.807) is 0 Å². The van der Waals surface area contributed by atoms with E-state index < -0.39 is 0 Å². The lowest BCUT2D eigenvalue weighted by molar-refractivity contribution is 0.0951. The van der Waals surface area contributed by atoms with Gasteiger partial charge in [-0.1, -0.05) is 25.1 Å². The number of carbonyl (C=O) groups excluding carboxylic acids is 1. The number of aryl methyl sites for hydroxylation is 2. The van der Waals surface area contributed by atoms with Crippen molar-refractivity contribution in [1.82, 2.24) is 20.2 Å². The highest BCUT2D eigenvalue weighted by molar-refractivity contribution is 6.08. The van der Waals surface area contributed by atoms with Gasteiger partial charge in [0.1, 0.15) is 0 Å². The van der Waals surface area contributed by atoms with Crippen LogP contribution in [0.5, 0.6) is 0 Å². The number of amides is 1. The number of nitrogens with one attached hydrogen (secondary N) is 3. The highest BCUT2D eigenvalue weighted by atomic mass is 35.5. The molecule has 1 fully saturated rings. The maximum absolute atomic E-state index is 13.4. The molecule has 0 radical (unpaired) electrons. The summed E-state index contributed by atoms with van der Waals surface area (Å²) in [6.07, 6.45) is 3.04. The van der Waals surface area contributed by atoms with Crippen LogP contribution in [0.1, 0.15) is 65.6 Å². The Morgan fingerprint density at radius 1 is 1.21 bits per heavy atom. The summed E-state index contributed by atoms with van der Waals surface area (Å²) in [5.74, 6) is 0.455. The van der Waals surface area contributed by atoms with Gasteiger partial charge >= 0.3 is 0 Å². The van der Waals surface area contributed by atoms with Gasteiger partial charge in [0.05, 0.1) is 5.56 Å². The fourth-order valence-corrected chi connectivity index (χ4v) is 5.29. The maximum Gasteiger partial charge on any atom is 0.254 e. The van der Waals surface area contributed by atoms with Gasteiger partial charge in [0.25, 0.3) is 11.5 Å². The molecule has 33 heavy (non-hydrogen) atoms. The number of hydrogen-bond acceptors (Lipinski definition) is 3. The Hall–Kier alpha value is -2.57. The van der Waals surface area contributed by atoms with Crippen molar-refractivity contribution >= 4 is 29.2 Å². The zero-order valence-electron chi connectivity index (χ0n) is 20.0. The fourth-order valence-electron chi connectivity index (χ4n) is 5.29. The van der Waals surface area contributed by atoms with Gasteiger partial charge in [-0.25, -0.2) is 0 Å². The molecule has 1 atom stereocenters. The molecule has 6 nitrogen and oxygen atoms in total. The molecular formula is C26H35ClN4O2. The molecule has 7 heteroatoms. The Morgan fingerprint density at radius 3 is 2.61 bits per heavy atom. The Labute approximate surface area is 201 Å². The SMILES string of the molecule is CCc1cc(C)[nH]c(=O)c1CNC(=O)c1c(C)n([C@@H](C)C2CCNCC2)c2ccccc12.Cl. The summed E-state index contributed by atoms with van der Waals surface area (Å²) >= 11 is 0. The number of carbonyl (C=O) groups is 1. The van der Waals surface area contributed by atoms with Crippen molar-refractivity contribution in [3.05, 3.63) is 68.8 Å². The molecule has 1 saturated heterocycles. The van der Waals surface area contributed by atoms with Gasteiger partial charge in [0.2, 0.25) is 0 Å². The zero-order chi connectivity index (χ0) is 22.8. The number of benzene rings is 1.